The number of hydrogen-bond donors (Lipinski definition) is 1. The lowest BCUT2D eigenvalue weighted by Crippen LogP contribution is -2.12. The molecule has 0 aliphatic heterocycles. The summed E-state index contributed by atoms with van der Waals surface area (Å²) in [5.41, 5.74) is 5.57. The van der Waals surface area contributed by atoms with Gasteiger partial charge in [-0.3, -0.25) is 9.59 Å². The Labute approximate surface area is 117 Å². The quantitative estimate of drug-likeness (QED) is 0.820. The molecule has 0 radical (unpaired) electrons. The second-order valence-corrected chi connectivity index (χ2v) is 4.33. The molecule has 0 atom stereocenters. The topological polar surface area (TPSA) is 69.4 Å². The van der Waals surface area contributed by atoms with Crippen LogP contribution in [0, 0.1) is 0 Å². The first kappa shape index (κ1) is 13.8. The number of benzene rings is 2. The zero-order chi connectivity index (χ0) is 14.4. The third-order valence-corrected chi connectivity index (χ3v) is 2.75. The van der Waals surface area contributed by atoms with Crippen LogP contribution in [0.1, 0.15) is 23.2 Å². The fourth-order valence-electron chi connectivity index (χ4n) is 1.71. The van der Waals surface area contributed by atoms with Crippen LogP contribution in [0.2, 0.25) is 0 Å². The Bertz CT molecular complexity index is 591. The number of primary amides is 1. The molecule has 20 heavy (non-hydrogen) atoms. The molecule has 0 spiro atoms. The van der Waals surface area contributed by atoms with E-state index in [0.29, 0.717) is 11.3 Å². The summed E-state index contributed by atoms with van der Waals surface area (Å²) in [6.45, 7) is 0. The minimum absolute atomic E-state index is 0.0705. The smallest absolute Gasteiger partial charge is 0.217 e. The Kier molecular flexibility index (Phi) is 4.50. The first-order valence-corrected chi connectivity index (χ1v) is 6.29. The molecule has 1 amide bonds. The molecule has 2 aromatic carbocycles. The highest BCUT2D eigenvalue weighted by Crippen LogP contribution is 2.21. The van der Waals surface area contributed by atoms with Crippen LogP contribution in [0.15, 0.2) is 54.6 Å². The van der Waals surface area contributed by atoms with Crippen molar-refractivity contribution in [3.8, 4) is 11.5 Å². The molecule has 0 aliphatic carbocycles. The summed E-state index contributed by atoms with van der Waals surface area (Å²) in [7, 11) is 0. The number of amides is 1. The summed E-state index contributed by atoms with van der Waals surface area (Å²) in [5, 5.41) is 0. The molecule has 2 aromatic rings. The van der Waals surface area contributed by atoms with Crippen LogP contribution in [0.5, 0.6) is 11.5 Å². The second-order valence-electron chi connectivity index (χ2n) is 4.33. The van der Waals surface area contributed by atoms with Crippen molar-refractivity contribution < 1.29 is 14.3 Å². The van der Waals surface area contributed by atoms with Gasteiger partial charge in [-0.05, 0) is 36.4 Å². The van der Waals surface area contributed by atoms with E-state index in [1.165, 1.54) is 0 Å². The molecule has 4 heteroatoms. The predicted molar refractivity (Wildman–Crippen MR) is 75.7 cm³/mol. The van der Waals surface area contributed by atoms with E-state index in [0.717, 1.165) is 5.75 Å². The maximum absolute atomic E-state index is 11.8. The van der Waals surface area contributed by atoms with Crippen molar-refractivity contribution in [3.63, 3.8) is 0 Å². The van der Waals surface area contributed by atoms with Gasteiger partial charge >= 0.3 is 0 Å². The maximum Gasteiger partial charge on any atom is 0.217 e. The summed E-state index contributed by atoms with van der Waals surface area (Å²) < 4.78 is 5.63. The van der Waals surface area contributed by atoms with Crippen molar-refractivity contribution in [1.29, 1.82) is 0 Å². The normalized spacial score (nSPS) is 10.0. The maximum atomic E-state index is 11.8. The standard InChI is InChI=1S/C16H15NO3/c17-16(19)11-10-15(18)12-6-8-14(9-7-12)20-13-4-2-1-3-5-13/h1-9H,10-11H2,(H2,17,19). The van der Waals surface area contributed by atoms with Crippen LogP contribution >= 0.6 is 0 Å². The van der Waals surface area contributed by atoms with Gasteiger partial charge in [0.25, 0.3) is 0 Å². The zero-order valence-corrected chi connectivity index (χ0v) is 10.9. The molecule has 0 saturated carbocycles. The number of para-hydroxylation sites is 1. The van der Waals surface area contributed by atoms with Gasteiger partial charge in [-0.15, -0.1) is 0 Å². The van der Waals surface area contributed by atoms with Crippen LogP contribution in [-0.4, -0.2) is 11.7 Å². The van der Waals surface area contributed by atoms with E-state index >= 15 is 0 Å². The Morgan fingerprint density at radius 3 is 2.05 bits per heavy atom. The van der Waals surface area contributed by atoms with Crippen molar-refractivity contribution in [2.75, 3.05) is 0 Å². The zero-order valence-electron chi connectivity index (χ0n) is 10.9. The Morgan fingerprint density at radius 2 is 1.45 bits per heavy atom. The molecular weight excluding hydrogens is 254 g/mol. The van der Waals surface area contributed by atoms with Crippen molar-refractivity contribution in [2.24, 2.45) is 5.73 Å². The molecular formula is C16H15NO3. The van der Waals surface area contributed by atoms with Crippen molar-refractivity contribution in [2.45, 2.75) is 12.8 Å². The molecule has 0 bridgehead atoms. The summed E-state index contributed by atoms with van der Waals surface area (Å²) in [5.74, 6) is 0.820. The van der Waals surface area contributed by atoms with E-state index in [4.69, 9.17) is 10.5 Å². The number of hydrogen-bond acceptors (Lipinski definition) is 3. The van der Waals surface area contributed by atoms with E-state index in [1.54, 1.807) is 24.3 Å². The summed E-state index contributed by atoms with van der Waals surface area (Å²) in [4.78, 5) is 22.4. The fourth-order valence-corrected chi connectivity index (χ4v) is 1.71. The third-order valence-electron chi connectivity index (χ3n) is 2.75. The predicted octanol–water partition coefficient (Wildman–Crippen LogP) is 2.93. The largest absolute Gasteiger partial charge is 0.457 e. The lowest BCUT2D eigenvalue weighted by atomic mass is 10.1. The van der Waals surface area contributed by atoms with Crippen molar-refractivity contribution in [1.82, 2.24) is 0 Å². The average molecular weight is 269 g/mol. The van der Waals surface area contributed by atoms with E-state index in [-0.39, 0.29) is 18.6 Å². The van der Waals surface area contributed by atoms with E-state index < -0.39 is 5.91 Å². The fraction of sp³-hybridized carbons (Fsp3) is 0.125. The molecule has 102 valence electrons. The van der Waals surface area contributed by atoms with Gasteiger partial charge in [-0.2, -0.15) is 0 Å². The van der Waals surface area contributed by atoms with E-state index in [2.05, 4.69) is 0 Å². The van der Waals surface area contributed by atoms with Gasteiger partial charge in [0.05, 0.1) is 0 Å². The van der Waals surface area contributed by atoms with Crippen LogP contribution in [0.4, 0.5) is 0 Å². The SMILES string of the molecule is NC(=O)CCC(=O)c1ccc(Oc2ccccc2)cc1. The lowest BCUT2D eigenvalue weighted by Gasteiger charge is -2.06. The monoisotopic (exact) mass is 269 g/mol. The molecule has 4 nitrogen and oxygen atoms in total. The van der Waals surface area contributed by atoms with Crippen LogP contribution in [0.3, 0.4) is 0 Å². The first-order valence-electron chi connectivity index (χ1n) is 6.29. The molecule has 2 N–H and O–H groups in total. The van der Waals surface area contributed by atoms with Crippen molar-refractivity contribution in [3.05, 3.63) is 60.2 Å². The molecule has 0 unspecified atom stereocenters. The minimum atomic E-state index is -0.470. The Hall–Kier alpha value is -2.62. The van der Waals surface area contributed by atoms with Gasteiger partial charge in [0, 0.05) is 18.4 Å². The molecule has 2 rings (SSSR count). The number of ketones is 1. The van der Waals surface area contributed by atoms with Gasteiger partial charge in [0.2, 0.25) is 5.91 Å². The summed E-state index contributed by atoms with van der Waals surface area (Å²) in [6, 6.07) is 16.2. The number of carbonyl (C=O) groups is 2. The van der Waals surface area contributed by atoms with E-state index in [9.17, 15) is 9.59 Å². The molecule has 0 aromatic heterocycles. The lowest BCUT2D eigenvalue weighted by molar-refractivity contribution is -0.118. The van der Waals surface area contributed by atoms with E-state index in [1.807, 2.05) is 30.3 Å². The number of Topliss-reactive ketones (excluding diaryl/α,β-unsaturated/α-hetero) is 1. The summed E-state index contributed by atoms with van der Waals surface area (Å²) in [6.07, 6.45) is 0.204. The Morgan fingerprint density at radius 1 is 0.850 bits per heavy atom. The van der Waals surface area contributed by atoms with Crippen LogP contribution < -0.4 is 10.5 Å². The highest BCUT2D eigenvalue weighted by molar-refractivity contribution is 5.97. The highest BCUT2D eigenvalue weighted by Gasteiger charge is 2.07. The first-order chi connectivity index (χ1) is 9.65. The number of ether oxygens (including phenoxy) is 1. The van der Waals surface area contributed by atoms with Crippen LogP contribution in [0.25, 0.3) is 0 Å². The van der Waals surface area contributed by atoms with Gasteiger partial charge in [0.1, 0.15) is 11.5 Å². The van der Waals surface area contributed by atoms with Gasteiger partial charge in [-0.25, -0.2) is 0 Å². The summed E-state index contributed by atoms with van der Waals surface area (Å²) >= 11 is 0. The molecule has 0 aliphatic rings. The molecule has 0 fully saturated rings. The van der Waals surface area contributed by atoms with Gasteiger partial charge in [-0.1, -0.05) is 18.2 Å². The molecule has 0 saturated heterocycles. The van der Waals surface area contributed by atoms with Gasteiger partial charge in [0.15, 0.2) is 5.78 Å². The number of carbonyl (C=O) groups excluding carboxylic acids is 2. The highest BCUT2D eigenvalue weighted by atomic mass is 16.5. The van der Waals surface area contributed by atoms with Crippen molar-refractivity contribution >= 4 is 11.7 Å². The second kappa shape index (κ2) is 6.52. The number of rotatable bonds is 6. The van der Waals surface area contributed by atoms with Crippen LogP contribution in [-0.2, 0) is 4.79 Å². The number of nitrogens with two attached hydrogens (primary N) is 1. The Balaban J connectivity index is 1.99. The third kappa shape index (κ3) is 3.95. The average Bonchev–Trinajstić information content (AvgIpc) is 2.46. The molecule has 0 heterocycles. The van der Waals surface area contributed by atoms with Gasteiger partial charge < -0.3 is 10.5 Å². The minimum Gasteiger partial charge on any atom is -0.457 e.